The Morgan fingerprint density at radius 2 is 2.03 bits per heavy atom. The zero-order valence-corrected chi connectivity index (χ0v) is 19.1. The maximum Gasteiger partial charge on any atom is 0.141 e. The molecule has 33 heavy (non-hydrogen) atoms. The molecule has 2 aromatic carbocycles. The number of aliphatic hydroxyl groups excluding tert-OH is 1. The summed E-state index contributed by atoms with van der Waals surface area (Å²) in [6.07, 6.45) is 3.37. The first-order valence-electron chi connectivity index (χ1n) is 11.0. The highest BCUT2D eigenvalue weighted by molar-refractivity contribution is 6.31. The fraction of sp³-hybridized carbons (Fsp3) is 0.417. The van der Waals surface area contributed by atoms with Crippen LogP contribution in [0.15, 0.2) is 36.7 Å². The van der Waals surface area contributed by atoms with Crippen LogP contribution in [0.4, 0.5) is 15.9 Å². The molecule has 5 rings (SSSR count). The van der Waals surface area contributed by atoms with Crippen LogP contribution in [0.2, 0.25) is 5.02 Å². The van der Waals surface area contributed by atoms with Gasteiger partial charge < -0.3 is 19.9 Å². The van der Waals surface area contributed by atoms with E-state index in [0.29, 0.717) is 29.2 Å². The van der Waals surface area contributed by atoms with E-state index in [4.69, 9.17) is 21.1 Å². The number of nitrogens with one attached hydrogen (secondary N) is 1. The monoisotopic (exact) mass is 472 g/mol. The lowest BCUT2D eigenvalue weighted by atomic mass is 9.73. The quantitative estimate of drug-likeness (QED) is 0.558. The Balaban J connectivity index is 1.39. The van der Waals surface area contributed by atoms with Gasteiger partial charge in [-0.3, -0.25) is 4.90 Å². The van der Waals surface area contributed by atoms with Gasteiger partial charge >= 0.3 is 0 Å². The van der Waals surface area contributed by atoms with Crippen LogP contribution in [-0.4, -0.2) is 59.6 Å². The highest BCUT2D eigenvalue weighted by Crippen LogP contribution is 2.41. The molecule has 0 bridgehead atoms. The van der Waals surface area contributed by atoms with Gasteiger partial charge in [0, 0.05) is 55.3 Å². The smallest absolute Gasteiger partial charge is 0.141 e. The number of ether oxygens (including phenoxy) is 2. The van der Waals surface area contributed by atoms with Gasteiger partial charge in [-0.2, -0.15) is 0 Å². The molecule has 1 unspecified atom stereocenters. The van der Waals surface area contributed by atoms with Crippen molar-refractivity contribution < 1.29 is 19.0 Å². The molecule has 0 radical (unpaired) electrons. The topological polar surface area (TPSA) is 79.7 Å². The van der Waals surface area contributed by atoms with Crippen LogP contribution in [0.1, 0.15) is 18.4 Å². The van der Waals surface area contributed by atoms with E-state index >= 15 is 0 Å². The lowest BCUT2D eigenvalue weighted by molar-refractivity contribution is -0.144. The van der Waals surface area contributed by atoms with Gasteiger partial charge in [0.1, 0.15) is 29.9 Å². The standard InChI is InChI=1S/C24H26ClFN4O3/c1-32-21-11-20-17(23(28-14-27-20)29-16-2-3-19(26)18(25)10-16)8-15(21)9-22(31)30-12-24(13-30)4-6-33-7-5-24/h2-3,8,10-11,14,22,31H,4-7,9,12-13H2,1H3,(H,27,28,29). The third kappa shape index (κ3) is 4.48. The van der Waals surface area contributed by atoms with Crippen LogP contribution in [0, 0.1) is 11.2 Å². The molecule has 1 aromatic heterocycles. The summed E-state index contributed by atoms with van der Waals surface area (Å²) in [5, 5.41) is 14.9. The van der Waals surface area contributed by atoms with E-state index in [1.165, 1.54) is 18.5 Å². The summed E-state index contributed by atoms with van der Waals surface area (Å²) in [5.41, 5.74) is 2.45. The Hall–Kier alpha value is -2.52. The van der Waals surface area contributed by atoms with Gasteiger partial charge in [0.15, 0.2) is 0 Å². The predicted molar refractivity (Wildman–Crippen MR) is 125 cm³/mol. The van der Waals surface area contributed by atoms with Gasteiger partial charge in [-0.1, -0.05) is 11.6 Å². The number of halogens is 2. The highest BCUT2D eigenvalue weighted by atomic mass is 35.5. The molecule has 2 fully saturated rings. The van der Waals surface area contributed by atoms with E-state index in [1.807, 2.05) is 12.1 Å². The van der Waals surface area contributed by atoms with E-state index in [9.17, 15) is 9.50 Å². The minimum absolute atomic E-state index is 0.0284. The first-order valence-corrected chi connectivity index (χ1v) is 11.4. The van der Waals surface area contributed by atoms with E-state index in [-0.39, 0.29) is 10.4 Å². The molecule has 2 aliphatic heterocycles. The molecule has 1 spiro atoms. The zero-order chi connectivity index (χ0) is 23.0. The number of hydrogen-bond donors (Lipinski definition) is 2. The maximum absolute atomic E-state index is 13.5. The van der Waals surface area contributed by atoms with Crippen LogP contribution < -0.4 is 10.1 Å². The average molecular weight is 473 g/mol. The molecule has 2 N–H and O–H groups in total. The third-order valence-corrected chi connectivity index (χ3v) is 6.96. The number of likely N-dealkylation sites (tertiary alicyclic amines) is 1. The molecule has 0 aliphatic carbocycles. The molecule has 2 saturated heterocycles. The summed E-state index contributed by atoms with van der Waals surface area (Å²) in [6, 6.07) is 8.19. The third-order valence-electron chi connectivity index (χ3n) is 6.67. The van der Waals surface area contributed by atoms with E-state index < -0.39 is 12.0 Å². The van der Waals surface area contributed by atoms with Crippen molar-refractivity contribution in [1.82, 2.24) is 14.9 Å². The van der Waals surface area contributed by atoms with Gasteiger partial charge in [0.2, 0.25) is 0 Å². The van der Waals surface area contributed by atoms with Crippen molar-refractivity contribution in [3.05, 3.63) is 53.1 Å². The van der Waals surface area contributed by atoms with Crippen molar-refractivity contribution in [2.24, 2.45) is 5.41 Å². The van der Waals surface area contributed by atoms with Crippen molar-refractivity contribution in [3.63, 3.8) is 0 Å². The van der Waals surface area contributed by atoms with Crippen molar-refractivity contribution >= 4 is 34.0 Å². The molecular formula is C24H26ClFN4O3. The first kappa shape index (κ1) is 22.3. The number of benzene rings is 2. The molecule has 1 atom stereocenters. The summed E-state index contributed by atoms with van der Waals surface area (Å²) in [7, 11) is 1.61. The van der Waals surface area contributed by atoms with Crippen LogP contribution in [-0.2, 0) is 11.2 Å². The van der Waals surface area contributed by atoms with Crippen molar-refractivity contribution in [1.29, 1.82) is 0 Å². The normalized spacial score (nSPS) is 18.8. The number of methoxy groups -OCH3 is 1. The molecule has 7 nitrogen and oxygen atoms in total. The van der Waals surface area contributed by atoms with Crippen LogP contribution >= 0.6 is 11.6 Å². The number of aromatic nitrogens is 2. The van der Waals surface area contributed by atoms with Crippen molar-refractivity contribution in [2.45, 2.75) is 25.5 Å². The molecule has 3 heterocycles. The molecule has 0 saturated carbocycles. The predicted octanol–water partition coefficient (Wildman–Crippen LogP) is 4.15. The Kier molecular flexibility index (Phi) is 6.09. The second kappa shape index (κ2) is 9.02. The van der Waals surface area contributed by atoms with Gasteiger partial charge in [0.25, 0.3) is 0 Å². The van der Waals surface area contributed by atoms with Crippen LogP contribution in [0.25, 0.3) is 10.9 Å². The summed E-state index contributed by atoms with van der Waals surface area (Å²) >= 11 is 5.92. The number of anilines is 2. The highest BCUT2D eigenvalue weighted by Gasteiger charge is 2.45. The second-order valence-corrected chi connectivity index (χ2v) is 9.27. The number of fused-ring (bicyclic) bond motifs is 1. The Morgan fingerprint density at radius 1 is 1.24 bits per heavy atom. The van der Waals surface area contributed by atoms with E-state index in [2.05, 4.69) is 20.2 Å². The molecule has 2 aliphatic rings. The molecule has 3 aromatic rings. The van der Waals surface area contributed by atoms with E-state index in [1.54, 1.807) is 13.2 Å². The fourth-order valence-electron chi connectivity index (χ4n) is 4.76. The molecular weight excluding hydrogens is 447 g/mol. The lowest BCUT2D eigenvalue weighted by Crippen LogP contribution is -2.61. The molecule has 9 heteroatoms. The Labute approximate surface area is 196 Å². The van der Waals surface area contributed by atoms with Gasteiger partial charge in [0.05, 0.1) is 17.6 Å². The van der Waals surface area contributed by atoms with E-state index in [0.717, 1.165) is 50.1 Å². The Morgan fingerprint density at radius 3 is 2.76 bits per heavy atom. The lowest BCUT2D eigenvalue weighted by Gasteiger charge is -2.53. The molecule has 174 valence electrons. The Bertz CT molecular complexity index is 1160. The summed E-state index contributed by atoms with van der Waals surface area (Å²) in [6.45, 7) is 3.37. The SMILES string of the molecule is COc1cc2ncnc(Nc3ccc(F)c(Cl)c3)c2cc1CC(O)N1CC2(CCOCC2)C1. The first-order chi connectivity index (χ1) is 16.0. The van der Waals surface area contributed by atoms with Gasteiger partial charge in [-0.15, -0.1) is 0 Å². The second-order valence-electron chi connectivity index (χ2n) is 8.86. The van der Waals surface area contributed by atoms with Crippen LogP contribution in [0.5, 0.6) is 5.75 Å². The van der Waals surface area contributed by atoms with Crippen molar-refractivity contribution in [2.75, 3.05) is 38.7 Å². The van der Waals surface area contributed by atoms with Crippen LogP contribution in [0.3, 0.4) is 0 Å². The minimum Gasteiger partial charge on any atom is -0.496 e. The zero-order valence-electron chi connectivity index (χ0n) is 18.4. The largest absolute Gasteiger partial charge is 0.496 e. The van der Waals surface area contributed by atoms with Gasteiger partial charge in [-0.05, 0) is 42.7 Å². The van der Waals surface area contributed by atoms with Crippen molar-refractivity contribution in [3.8, 4) is 5.75 Å². The van der Waals surface area contributed by atoms with Gasteiger partial charge in [-0.25, -0.2) is 14.4 Å². The minimum atomic E-state index is -0.609. The average Bonchev–Trinajstić information content (AvgIpc) is 2.80. The number of aliphatic hydroxyl groups is 1. The number of rotatable bonds is 6. The number of nitrogens with zero attached hydrogens (tertiary/aromatic N) is 3. The number of hydrogen-bond acceptors (Lipinski definition) is 7. The summed E-state index contributed by atoms with van der Waals surface area (Å²) in [4.78, 5) is 10.8. The summed E-state index contributed by atoms with van der Waals surface area (Å²) in [5.74, 6) is 0.743. The maximum atomic E-state index is 13.5. The molecule has 0 amide bonds. The summed E-state index contributed by atoms with van der Waals surface area (Å²) < 4.78 is 24.6. The fourth-order valence-corrected chi connectivity index (χ4v) is 4.94.